The van der Waals surface area contributed by atoms with Gasteiger partial charge >= 0.3 is 0 Å². The van der Waals surface area contributed by atoms with Gasteiger partial charge in [-0.3, -0.25) is 9.69 Å². The van der Waals surface area contributed by atoms with Crippen molar-refractivity contribution in [2.24, 2.45) is 5.92 Å². The highest BCUT2D eigenvalue weighted by Crippen LogP contribution is 2.38. The van der Waals surface area contributed by atoms with Crippen LogP contribution in [0.5, 0.6) is 0 Å². The molecular weight excluding hydrogens is 370 g/mol. The number of carbonyl (C=O) groups is 1. The number of piperidine rings is 1. The molecule has 1 N–H and O–H groups in total. The second-order valence-corrected chi connectivity index (χ2v) is 8.82. The van der Waals surface area contributed by atoms with Gasteiger partial charge in [0.05, 0.1) is 5.70 Å². The van der Waals surface area contributed by atoms with Crippen LogP contribution in [0, 0.1) is 5.92 Å². The molecule has 30 heavy (non-hydrogen) atoms. The molecule has 1 aliphatic carbocycles. The molecule has 4 rings (SSSR count). The standard InChI is InChI=1S/C26H35N3O/c1-4-22(20-13-7-5-8-14-20)24(29-17-11-6-12-18-29)25-27-19(2)23(26(30)28(25)3)21-15-9-10-16-21/h4-5,7-8,13-14,21,27H,6,9-12,15-18H2,1-3H3/b22-4-,25-24+. The Morgan fingerprint density at radius 1 is 1.03 bits per heavy atom. The topological polar surface area (TPSA) is 35.6 Å². The highest BCUT2D eigenvalue weighted by Gasteiger charge is 2.35. The van der Waals surface area contributed by atoms with Gasteiger partial charge in [-0.1, -0.05) is 49.2 Å². The molecule has 0 radical (unpaired) electrons. The number of carbonyl (C=O) groups excluding carboxylic acids is 1. The van der Waals surface area contributed by atoms with Crippen LogP contribution in [-0.2, 0) is 4.79 Å². The highest BCUT2D eigenvalue weighted by molar-refractivity contribution is 5.97. The van der Waals surface area contributed by atoms with E-state index in [2.05, 4.69) is 60.5 Å². The average molecular weight is 406 g/mol. The maximum Gasteiger partial charge on any atom is 0.257 e. The molecule has 0 bridgehead atoms. The molecule has 0 spiro atoms. The van der Waals surface area contributed by atoms with Gasteiger partial charge in [0.25, 0.3) is 5.91 Å². The van der Waals surface area contributed by atoms with Crippen molar-refractivity contribution in [1.82, 2.24) is 15.1 Å². The Bertz CT molecular complexity index is 869. The Balaban J connectivity index is 1.82. The molecule has 1 aromatic rings. The van der Waals surface area contributed by atoms with Crippen molar-refractivity contribution >= 4 is 11.5 Å². The molecule has 0 atom stereocenters. The molecule has 4 heteroatoms. The number of hydrogen-bond donors (Lipinski definition) is 1. The predicted molar refractivity (Wildman–Crippen MR) is 123 cm³/mol. The molecule has 2 aliphatic heterocycles. The second kappa shape index (κ2) is 9.11. The summed E-state index contributed by atoms with van der Waals surface area (Å²) in [5, 5.41) is 3.69. The molecule has 0 unspecified atom stereocenters. The molecular formula is C26H35N3O. The van der Waals surface area contributed by atoms with E-state index >= 15 is 0 Å². The second-order valence-electron chi connectivity index (χ2n) is 8.82. The van der Waals surface area contributed by atoms with E-state index < -0.39 is 0 Å². The van der Waals surface area contributed by atoms with Crippen LogP contribution in [0.2, 0.25) is 0 Å². The number of hydrogen-bond acceptors (Lipinski definition) is 3. The SMILES string of the molecule is C/C=C(\C(=C1\NC(C)=C(C2CCCC2)C(=O)N1C)N1CCCCC1)c1ccccc1. The van der Waals surface area contributed by atoms with E-state index in [1.807, 2.05) is 11.9 Å². The van der Waals surface area contributed by atoms with E-state index in [-0.39, 0.29) is 5.91 Å². The van der Waals surface area contributed by atoms with E-state index in [4.69, 9.17) is 0 Å². The smallest absolute Gasteiger partial charge is 0.257 e. The summed E-state index contributed by atoms with van der Waals surface area (Å²) in [5.74, 6) is 1.51. The molecule has 1 saturated heterocycles. The van der Waals surface area contributed by atoms with Crippen LogP contribution >= 0.6 is 0 Å². The molecule has 1 aromatic carbocycles. The van der Waals surface area contributed by atoms with Crippen LogP contribution < -0.4 is 5.32 Å². The van der Waals surface area contributed by atoms with Crippen LogP contribution in [0.15, 0.2) is 59.2 Å². The summed E-state index contributed by atoms with van der Waals surface area (Å²) in [7, 11) is 1.94. The van der Waals surface area contributed by atoms with Crippen molar-refractivity contribution in [2.45, 2.75) is 58.8 Å². The zero-order valence-corrected chi connectivity index (χ0v) is 18.7. The molecule has 160 valence electrons. The lowest BCUT2D eigenvalue weighted by Gasteiger charge is -2.39. The normalized spacial score (nSPS) is 23.2. The fourth-order valence-corrected chi connectivity index (χ4v) is 5.31. The number of likely N-dealkylation sites (tertiary alicyclic amines) is 1. The third kappa shape index (κ3) is 3.92. The minimum absolute atomic E-state index is 0.172. The Kier molecular flexibility index (Phi) is 6.31. The van der Waals surface area contributed by atoms with Crippen molar-refractivity contribution < 1.29 is 4.79 Å². The Morgan fingerprint density at radius 3 is 2.33 bits per heavy atom. The maximum absolute atomic E-state index is 13.5. The van der Waals surface area contributed by atoms with Gasteiger partial charge in [-0.25, -0.2) is 0 Å². The van der Waals surface area contributed by atoms with Crippen LogP contribution in [0.1, 0.15) is 64.4 Å². The first-order valence-corrected chi connectivity index (χ1v) is 11.6. The highest BCUT2D eigenvalue weighted by atomic mass is 16.2. The molecule has 3 aliphatic rings. The molecule has 1 saturated carbocycles. The summed E-state index contributed by atoms with van der Waals surface area (Å²) >= 11 is 0. The first kappa shape index (κ1) is 20.8. The molecule has 4 nitrogen and oxygen atoms in total. The summed E-state index contributed by atoms with van der Waals surface area (Å²) in [6, 6.07) is 10.6. The average Bonchev–Trinajstić information content (AvgIpc) is 3.30. The maximum atomic E-state index is 13.5. The minimum Gasteiger partial charge on any atom is -0.368 e. The van der Waals surface area contributed by atoms with Gasteiger partial charge in [0.15, 0.2) is 0 Å². The third-order valence-corrected chi connectivity index (χ3v) is 6.87. The van der Waals surface area contributed by atoms with Crippen molar-refractivity contribution in [3.63, 3.8) is 0 Å². The predicted octanol–water partition coefficient (Wildman–Crippen LogP) is 5.27. The van der Waals surface area contributed by atoms with Gasteiger partial charge in [0, 0.05) is 37.0 Å². The van der Waals surface area contributed by atoms with Gasteiger partial charge in [-0.05, 0) is 57.4 Å². The van der Waals surface area contributed by atoms with E-state index in [0.29, 0.717) is 5.92 Å². The fourth-order valence-electron chi connectivity index (χ4n) is 5.31. The molecule has 2 fully saturated rings. The van der Waals surface area contributed by atoms with Crippen LogP contribution in [0.25, 0.3) is 5.57 Å². The third-order valence-electron chi connectivity index (χ3n) is 6.87. The van der Waals surface area contributed by atoms with Crippen molar-refractivity contribution in [3.05, 3.63) is 64.8 Å². The summed E-state index contributed by atoms with van der Waals surface area (Å²) in [6.07, 6.45) is 10.6. The number of nitrogens with one attached hydrogen (secondary N) is 1. The van der Waals surface area contributed by atoms with Crippen LogP contribution in [0.4, 0.5) is 0 Å². The Labute approximate surface area is 181 Å². The lowest BCUT2D eigenvalue weighted by atomic mass is 9.92. The van der Waals surface area contributed by atoms with Gasteiger partial charge in [-0.15, -0.1) is 0 Å². The summed E-state index contributed by atoms with van der Waals surface area (Å²) in [4.78, 5) is 17.9. The Hall–Kier alpha value is -2.49. The number of nitrogens with zero attached hydrogens (tertiary/aromatic N) is 2. The van der Waals surface area contributed by atoms with E-state index in [1.165, 1.54) is 43.2 Å². The number of allylic oxidation sites excluding steroid dienone is 3. The first-order valence-electron chi connectivity index (χ1n) is 11.6. The van der Waals surface area contributed by atoms with Gasteiger partial charge in [-0.2, -0.15) is 0 Å². The molecule has 2 heterocycles. The largest absolute Gasteiger partial charge is 0.368 e. The van der Waals surface area contributed by atoms with Gasteiger partial charge in [0.2, 0.25) is 0 Å². The van der Waals surface area contributed by atoms with Crippen molar-refractivity contribution in [1.29, 1.82) is 0 Å². The minimum atomic E-state index is 0.172. The van der Waals surface area contributed by atoms with Crippen LogP contribution in [0.3, 0.4) is 0 Å². The van der Waals surface area contributed by atoms with Crippen molar-refractivity contribution in [3.8, 4) is 0 Å². The van der Waals surface area contributed by atoms with Crippen molar-refractivity contribution in [2.75, 3.05) is 20.1 Å². The Morgan fingerprint density at radius 2 is 1.70 bits per heavy atom. The lowest BCUT2D eigenvalue weighted by molar-refractivity contribution is -0.125. The zero-order chi connectivity index (χ0) is 21.1. The monoisotopic (exact) mass is 405 g/mol. The van der Waals surface area contributed by atoms with Gasteiger partial charge in [0.1, 0.15) is 5.82 Å². The number of rotatable bonds is 4. The number of amides is 1. The van der Waals surface area contributed by atoms with Crippen LogP contribution in [-0.4, -0.2) is 35.8 Å². The van der Waals surface area contributed by atoms with Gasteiger partial charge < -0.3 is 10.2 Å². The summed E-state index contributed by atoms with van der Waals surface area (Å²) in [5.41, 5.74) is 5.58. The lowest BCUT2D eigenvalue weighted by Crippen LogP contribution is -2.45. The molecule has 1 amide bonds. The van der Waals surface area contributed by atoms with E-state index in [0.717, 1.165) is 48.7 Å². The molecule has 0 aromatic heterocycles. The first-order chi connectivity index (χ1) is 14.6. The quantitative estimate of drug-likeness (QED) is 0.741. The number of benzene rings is 1. The number of likely N-dealkylation sites (N-methyl/N-ethyl adjacent to an activating group) is 1. The fraction of sp³-hybridized carbons (Fsp3) is 0.500. The summed E-state index contributed by atoms with van der Waals surface area (Å²) < 4.78 is 0. The zero-order valence-electron chi connectivity index (χ0n) is 18.7. The summed E-state index contributed by atoms with van der Waals surface area (Å²) in [6.45, 7) is 6.25. The van der Waals surface area contributed by atoms with E-state index in [1.54, 1.807) is 0 Å². The van der Waals surface area contributed by atoms with E-state index in [9.17, 15) is 4.79 Å².